The van der Waals surface area contributed by atoms with Crippen LogP contribution in [0.1, 0.15) is 94.6 Å². The second kappa shape index (κ2) is 15.8. The topological polar surface area (TPSA) is 115 Å². The number of rotatable bonds is 10. The van der Waals surface area contributed by atoms with Crippen molar-refractivity contribution in [1.29, 1.82) is 0 Å². The highest BCUT2D eigenvalue weighted by Crippen LogP contribution is 2.74. The lowest BCUT2D eigenvalue weighted by Gasteiger charge is -2.27. The minimum absolute atomic E-state index is 0.0401. The van der Waals surface area contributed by atoms with Crippen molar-refractivity contribution in [1.82, 2.24) is 0 Å². The van der Waals surface area contributed by atoms with E-state index in [1.54, 1.807) is 82.6 Å². The van der Waals surface area contributed by atoms with Gasteiger partial charge in [-0.2, -0.15) is 0 Å². The molecule has 4 atom stereocenters. The zero-order valence-electron chi connectivity index (χ0n) is 36.6. The fourth-order valence-electron chi connectivity index (χ4n) is 11.6. The number of carboxylic acids is 2. The van der Waals surface area contributed by atoms with Gasteiger partial charge in [0.1, 0.15) is 23.3 Å². The third kappa shape index (κ3) is 6.54. The van der Waals surface area contributed by atoms with Crippen molar-refractivity contribution < 1.29 is 47.0 Å². The maximum absolute atomic E-state index is 14.4. The Bertz CT molecular complexity index is 2770. The first-order valence-electron chi connectivity index (χ1n) is 21.8. The van der Waals surface area contributed by atoms with E-state index in [1.165, 1.54) is 60.7 Å². The van der Waals surface area contributed by atoms with Crippen LogP contribution in [-0.2, 0) is 44.3 Å². The lowest BCUT2D eigenvalue weighted by molar-refractivity contribution is -0.121. The molecule has 10 rings (SSSR count). The summed E-state index contributed by atoms with van der Waals surface area (Å²) in [6, 6.07) is 34.2. The van der Waals surface area contributed by atoms with Gasteiger partial charge in [0.05, 0.1) is 35.0 Å². The summed E-state index contributed by atoms with van der Waals surface area (Å²) >= 11 is 0. The summed E-state index contributed by atoms with van der Waals surface area (Å²) in [4.78, 5) is 54.2. The third-order valence-corrected chi connectivity index (χ3v) is 14.7. The number of anilines is 2. The van der Waals surface area contributed by atoms with Crippen LogP contribution >= 0.6 is 0 Å². The van der Waals surface area contributed by atoms with Crippen LogP contribution in [-0.4, -0.2) is 34.0 Å². The number of carboxylic acid groups (broad SMARTS) is 2. The Hall–Kier alpha value is -7.08. The summed E-state index contributed by atoms with van der Waals surface area (Å²) < 4.78 is 56.2. The average Bonchev–Trinajstić information content (AvgIpc) is 4.17. The summed E-state index contributed by atoms with van der Waals surface area (Å²) in [6.45, 7) is 8.48. The van der Waals surface area contributed by atoms with Crippen molar-refractivity contribution in [3.05, 3.63) is 201 Å². The van der Waals surface area contributed by atoms with Gasteiger partial charge in [0, 0.05) is 22.2 Å². The van der Waals surface area contributed by atoms with E-state index in [4.69, 9.17) is 0 Å². The summed E-state index contributed by atoms with van der Waals surface area (Å²) in [5.74, 6) is -3.81. The van der Waals surface area contributed by atoms with Gasteiger partial charge in [0.15, 0.2) is 0 Å². The molecule has 2 aliphatic heterocycles. The first-order valence-corrected chi connectivity index (χ1v) is 21.8. The molecule has 4 aliphatic rings. The monoisotopic (exact) mass is 894 g/mol. The lowest BCUT2D eigenvalue weighted by atomic mass is 9.75. The van der Waals surface area contributed by atoms with Crippen molar-refractivity contribution in [3.8, 4) is 0 Å². The maximum Gasteiger partial charge on any atom is 0.335 e. The molecule has 0 radical (unpaired) electrons. The maximum atomic E-state index is 14.4. The number of benzene rings is 6. The van der Waals surface area contributed by atoms with Gasteiger partial charge in [-0.05, 0) is 143 Å². The molecule has 336 valence electrons. The number of carbonyl (C=O) groups excluding carboxylic acids is 2. The highest BCUT2D eigenvalue weighted by Gasteiger charge is 2.79. The summed E-state index contributed by atoms with van der Waals surface area (Å²) in [6.07, 6.45) is 1.01. The Morgan fingerprint density at radius 3 is 1.20 bits per heavy atom. The van der Waals surface area contributed by atoms with Crippen LogP contribution in [0.15, 0.2) is 133 Å². The average molecular weight is 895 g/mol. The van der Waals surface area contributed by atoms with E-state index in [1.807, 2.05) is 27.7 Å². The zero-order valence-corrected chi connectivity index (χ0v) is 36.6. The van der Waals surface area contributed by atoms with Crippen molar-refractivity contribution >= 4 is 35.1 Å². The van der Waals surface area contributed by atoms with Crippen LogP contribution in [0.2, 0.25) is 0 Å². The van der Waals surface area contributed by atoms with E-state index < -0.39 is 45.2 Å². The van der Waals surface area contributed by atoms with E-state index in [0.717, 1.165) is 11.1 Å². The molecule has 12 heteroatoms. The number of halogens is 4. The Balaban J connectivity index is 0.000000166. The van der Waals surface area contributed by atoms with Gasteiger partial charge in [0.25, 0.3) is 0 Å². The van der Waals surface area contributed by atoms with Gasteiger partial charge in [-0.1, -0.05) is 76.2 Å². The zero-order chi connectivity index (χ0) is 47.1. The van der Waals surface area contributed by atoms with Crippen LogP contribution in [0.25, 0.3) is 0 Å². The Morgan fingerprint density at radius 1 is 0.515 bits per heavy atom. The molecule has 6 aromatic carbocycles. The predicted molar refractivity (Wildman–Crippen MR) is 240 cm³/mol. The van der Waals surface area contributed by atoms with Crippen LogP contribution < -0.4 is 9.80 Å². The Labute approximate surface area is 379 Å². The quantitative estimate of drug-likeness (QED) is 0.132. The van der Waals surface area contributed by atoms with Gasteiger partial charge < -0.3 is 20.0 Å². The predicted octanol–water partition coefficient (Wildman–Crippen LogP) is 10.9. The Kier molecular flexibility index (Phi) is 10.6. The Morgan fingerprint density at radius 2 is 0.864 bits per heavy atom. The molecule has 0 unspecified atom stereocenters. The lowest BCUT2D eigenvalue weighted by Crippen LogP contribution is -2.38. The highest BCUT2D eigenvalue weighted by atomic mass is 19.1. The number of amides is 2. The molecule has 2 aliphatic carbocycles. The normalized spacial score (nSPS) is 23.3. The smallest absolute Gasteiger partial charge is 0.335 e. The number of hydrogen-bond acceptors (Lipinski definition) is 4. The molecule has 6 aromatic rings. The van der Waals surface area contributed by atoms with Crippen LogP contribution in [0.3, 0.4) is 0 Å². The van der Waals surface area contributed by atoms with Crippen molar-refractivity contribution in [3.63, 3.8) is 0 Å². The van der Waals surface area contributed by atoms with Crippen molar-refractivity contribution in [2.24, 2.45) is 11.8 Å². The number of carbonyl (C=O) groups is 4. The minimum atomic E-state index is -1.04. The third-order valence-electron chi connectivity index (χ3n) is 14.7. The van der Waals surface area contributed by atoms with Gasteiger partial charge in [-0.15, -0.1) is 0 Å². The fourth-order valence-corrected chi connectivity index (χ4v) is 11.6. The van der Waals surface area contributed by atoms with Gasteiger partial charge in [-0.25, -0.2) is 27.2 Å². The molecule has 2 saturated carbocycles. The van der Waals surface area contributed by atoms with E-state index in [2.05, 4.69) is 0 Å². The molecule has 8 nitrogen and oxygen atoms in total. The highest BCUT2D eigenvalue weighted by molar-refractivity contribution is 6.13. The molecule has 2 heterocycles. The molecule has 2 amide bonds. The number of nitrogens with zero attached hydrogens (tertiary/aromatic N) is 2. The van der Waals surface area contributed by atoms with E-state index in [-0.39, 0.29) is 59.5 Å². The standard InChI is InChI=1S/2C27H23F2NO3/c2*1-16(2)26(19-6-8-20(28)9-7-19)15-27(26)22-13-21(29)10-11-23(22)30(25(27)33)14-17-4-3-5-18(12-17)24(31)32/h2*3-13,16H,14-15H2,1-2H3,(H,31,32)/t2*26-,27-/m10/s1. The van der Waals surface area contributed by atoms with Crippen LogP contribution in [0, 0.1) is 35.1 Å². The second-order valence-corrected chi connectivity index (χ2v) is 18.5. The molecule has 2 fully saturated rings. The molecule has 2 N–H and O–H groups in total. The molecule has 0 aromatic heterocycles. The molecule has 0 bridgehead atoms. The van der Waals surface area contributed by atoms with Gasteiger partial charge in [-0.3, -0.25) is 9.59 Å². The fraction of sp³-hybridized carbons (Fsp3) is 0.259. The first kappa shape index (κ1) is 44.1. The molecular weight excluding hydrogens is 849 g/mol. The van der Waals surface area contributed by atoms with Gasteiger partial charge in [0.2, 0.25) is 11.8 Å². The van der Waals surface area contributed by atoms with Crippen LogP contribution in [0.5, 0.6) is 0 Å². The van der Waals surface area contributed by atoms with E-state index in [0.29, 0.717) is 46.5 Å². The summed E-state index contributed by atoms with van der Waals surface area (Å²) in [7, 11) is 0. The van der Waals surface area contributed by atoms with Gasteiger partial charge >= 0.3 is 11.9 Å². The SMILES string of the molecule is CC(C)[C@@]1(c2ccc(F)cc2)C[C@@]12C(=O)N(Cc1cccc(C(=O)O)c1)c1ccc(F)cc12.CC(C)[C@]1(c2ccc(F)cc2)C[C@]12C(=O)N(Cc1cccc(C(=O)O)c1)c1ccc(F)cc12. The first-order chi connectivity index (χ1) is 31.4. The van der Waals surface area contributed by atoms with E-state index >= 15 is 0 Å². The minimum Gasteiger partial charge on any atom is -0.478 e. The summed E-state index contributed by atoms with van der Waals surface area (Å²) in [5.41, 5.74) is 2.83. The van der Waals surface area contributed by atoms with Crippen molar-refractivity contribution in [2.75, 3.05) is 9.80 Å². The number of fused-ring (bicyclic) bond motifs is 4. The molecule has 2 spiro atoms. The second-order valence-electron chi connectivity index (χ2n) is 18.5. The largest absolute Gasteiger partial charge is 0.478 e. The molecule has 66 heavy (non-hydrogen) atoms. The number of aromatic carboxylic acids is 2. The van der Waals surface area contributed by atoms with Crippen molar-refractivity contribution in [2.45, 2.75) is 75.3 Å². The molecule has 0 saturated heterocycles. The number of hydrogen-bond donors (Lipinski definition) is 2. The van der Waals surface area contributed by atoms with Crippen LogP contribution in [0.4, 0.5) is 28.9 Å². The van der Waals surface area contributed by atoms with E-state index in [9.17, 15) is 47.0 Å². The molecular formula is C54H46F4N2O6. The summed E-state index contributed by atoms with van der Waals surface area (Å²) in [5, 5.41) is 18.7.